The molecule has 0 aliphatic rings. The Kier molecular flexibility index (Phi) is 7.73. The van der Waals surface area contributed by atoms with E-state index in [1.807, 2.05) is 6.07 Å². The van der Waals surface area contributed by atoms with Crippen LogP contribution in [0.2, 0.25) is 10.0 Å². The Morgan fingerprint density at radius 1 is 0.941 bits per heavy atom. The van der Waals surface area contributed by atoms with Crippen molar-refractivity contribution in [1.82, 2.24) is 4.98 Å². The highest BCUT2D eigenvalue weighted by molar-refractivity contribution is 6.39. The number of carboxylic acid groups (broad SMARTS) is 1. The highest BCUT2D eigenvalue weighted by Gasteiger charge is 2.14. The Hall–Kier alpha value is -4.07. The number of nitrogens with one attached hydrogen (secondary N) is 2. The molecule has 0 atom stereocenters. The summed E-state index contributed by atoms with van der Waals surface area (Å²) in [5, 5.41) is 12.9. The van der Waals surface area contributed by atoms with E-state index >= 15 is 0 Å². The van der Waals surface area contributed by atoms with Crippen molar-refractivity contribution >= 4 is 63.1 Å². The van der Waals surface area contributed by atoms with Gasteiger partial charge >= 0.3 is 5.97 Å². The quantitative estimate of drug-likeness (QED) is 0.268. The van der Waals surface area contributed by atoms with E-state index in [0.717, 1.165) is 0 Å². The van der Waals surface area contributed by atoms with Crippen molar-refractivity contribution in [2.45, 2.75) is 0 Å². The molecule has 0 aliphatic heterocycles. The minimum absolute atomic E-state index is 0.154. The fourth-order valence-corrected chi connectivity index (χ4v) is 3.67. The van der Waals surface area contributed by atoms with E-state index in [4.69, 9.17) is 34.0 Å². The van der Waals surface area contributed by atoms with E-state index in [9.17, 15) is 14.4 Å². The normalized spacial score (nSPS) is 10.2. The Morgan fingerprint density at radius 2 is 1.62 bits per heavy atom. The van der Waals surface area contributed by atoms with Crippen LogP contribution in [0.3, 0.4) is 0 Å². The largest absolute Gasteiger partial charge is 0.478 e. The third-order valence-corrected chi connectivity index (χ3v) is 5.25. The van der Waals surface area contributed by atoms with Crippen LogP contribution in [0.1, 0.15) is 26.3 Å². The van der Waals surface area contributed by atoms with Gasteiger partial charge in [-0.1, -0.05) is 60.1 Å². The van der Waals surface area contributed by atoms with Crippen molar-refractivity contribution in [3.8, 4) is 0 Å². The van der Waals surface area contributed by atoms with E-state index in [1.165, 1.54) is 12.3 Å². The van der Waals surface area contributed by atoms with E-state index in [1.54, 1.807) is 54.6 Å². The summed E-state index contributed by atoms with van der Waals surface area (Å²) in [4.78, 5) is 36.7. The summed E-state index contributed by atoms with van der Waals surface area (Å²) in [7, 11) is 0. The number of halogens is 2. The molecule has 3 aromatic carbocycles. The molecule has 172 valence electrons. The fourth-order valence-electron chi connectivity index (χ4n) is 3.07. The molecule has 1 aromatic heterocycles. The number of amides is 2. The van der Waals surface area contributed by atoms with Gasteiger partial charge in [-0.25, -0.2) is 4.79 Å². The second-order valence-corrected chi connectivity index (χ2v) is 7.91. The summed E-state index contributed by atoms with van der Waals surface area (Å²) >= 11 is 11.6. The number of nitrogens with two attached hydrogens (primary N) is 1. The van der Waals surface area contributed by atoms with Crippen LogP contribution in [0.5, 0.6) is 0 Å². The second kappa shape index (κ2) is 10.7. The van der Waals surface area contributed by atoms with Gasteiger partial charge in [0.05, 0.1) is 10.6 Å². The number of carbonyl (C=O) groups is 3. The van der Waals surface area contributed by atoms with Gasteiger partial charge in [0.2, 0.25) is 5.91 Å². The number of hydrogen-bond donors (Lipinski definition) is 4. The molecule has 7 nitrogen and oxygen atoms in total. The molecule has 9 heteroatoms. The van der Waals surface area contributed by atoms with E-state index < -0.39 is 11.9 Å². The third-order valence-electron chi connectivity index (χ3n) is 4.73. The number of benzene rings is 3. The SMILES string of the molecule is C=C(C(N)=O)c1cccc(NC(=O)c2ccccc2)c1.O=C(O)c1c[nH]c2cc(Cl)cc(Cl)c12. The Morgan fingerprint density at radius 3 is 2.26 bits per heavy atom. The van der Waals surface area contributed by atoms with Gasteiger partial charge in [-0.2, -0.15) is 0 Å². The van der Waals surface area contributed by atoms with Gasteiger partial charge < -0.3 is 21.1 Å². The number of hydrogen-bond acceptors (Lipinski definition) is 3. The minimum atomic E-state index is -1.01. The van der Waals surface area contributed by atoms with Gasteiger partial charge in [-0.15, -0.1) is 0 Å². The predicted molar refractivity (Wildman–Crippen MR) is 134 cm³/mol. The van der Waals surface area contributed by atoms with Gasteiger partial charge in [0.15, 0.2) is 0 Å². The third kappa shape index (κ3) is 5.83. The van der Waals surface area contributed by atoms with Crippen molar-refractivity contribution in [2.24, 2.45) is 5.73 Å². The molecule has 4 rings (SSSR count). The zero-order valence-corrected chi connectivity index (χ0v) is 19.2. The number of aromatic carboxylic acids is 1. The number of fused-ring (bicyclic) bond motifs is 1. The van der Waals surface area contributed by atoms with E-state index in [-0.39, 0.29) is 17.0 Å². The number of primary amides is 1. The lowest BCUT2D eigenvalue weighted by molar-refractivity contribution is -0.112. The Bertz CT molecular complexity index is 1400. The summed E-state index contributed by atoms with van der Waals surface area (Å²) < 4.78 is 0. The zero-order valence-electron chi connectivity index (χ0n) is 17.6. The number of aromatic amines is 1. The average Bonchev–Trinajstić information content (AvgIpc) is 3.24. The van der Waals surface area contributed by atoms with Crippen molar-refractivity contribution in [1.29, 1.82) is 0 Å². The van der Waals surface area contributed by atoms with Crippen LogP contribution in [-0.2, 0) is 4.79 Å². The highest BCUT2D eigenvalue weighted by atomic mass is 35.5. The maximum atomic E-state index is 12.0. The number of carbonyl (C=O) groups excluding carboxylic acids is 2. The molecule has 2 amide bonds. The van der Waals surface area contributed by atoms with Crippen molar-refractivity contribution < 1.29 is 19.5 Å². The lowest BCUT2D eigenvalue weighted by atomic mass is 10.1. The van der Waals surface area contributed by atoms with Crippen LogP contribution in [-0.4, -0.2) is 27.9 Å². The molecule has 1 heterocycles. The molecule has 0 saturated carbocycles. The summed E-state index contributed by atoms with van der Waals surface area (Å²) in [6, 6.07) is 18.9. The molecule has 34 heavy (non-hydrogen) atoms. The van der Waals surface area contributed by atoms with Crippen LogP contribution in [0, 0.1) is 0 Å². The molecule has 0 fully saturated rings. The van der Waals surface area contributed by atoms with Crippen molar-refractivity contribution in [3.05, 3.63) is 106 Å². The van der Waals surface area contributed by atoms with Crippen LogP contribution < -0.4 is 11.1 Å². The van der Waals surface area contributed by atoms with Crippen LogP contribution in [0.4, 0.5) is 5.69 Å². The summed E-state index contributed by atoms with van der Waals surface area (Å²) in [5.41, 5.74) is 7.90. The van der Waals surface area contributed by atoms with Gasteiger partial charge in [-0.3, -0.25) is 9.59 Å². The maximum Gasteiger partial charge on any atom is 0.337 e. The molecule has 5 N–H and O–H groups in total. The molecule has 0 unspecified atom stereocenters. The number of anilines is 1. The van der Waals surface area contributed by atoms with E-state index in [2.05, 4.69) is 16.9 Å². The van der Waals surface area contributed by atoms with Crippen molar-refractivity contribution in [2.75, 3.05) is 5.32 Å². The molecule has 0 bridgehead atoms. The van der Waals surface area contributed by atoms with E-state index in [0.29, 0.717) is 37.8 Å². The van der Waals surface area contributed by atoms with Gasteiger partial charge in [-0.05, 0) is 42.0 Å². The molecule has 0 aliphatic carbocycles. The Balaban J connectivity index is 0.000000202. The maximum absolute atomic E-state index is 12.0. The lowest BCUT2D eigenvalue weighted by Crippen LogP contribution is -2.13. The molecule has 4 aromatic rings. The first-order valence-electron chi connectivity index (χ1n) is 9.82. The van der Waals surface area contributed by atoms with Crippen LogP contribution in [0.15, 0.2) is 79.5 Å². The molecular formula is C25H19Cl2N3O4. The predicted octanol–water partition coefficient (Wildman–Crippen LogP) is 5.61. The second-order valence-electron chi connectivity index (χ2n) is 7.06. The van der Waals surface area contributed by atoms with Crippen molar-refractivity contribution in [3.63, 3.8) is 0 Å². The first kappa shape index (κ1) is 24.6. The summed E-state index contributed by atoms with van der Waals surface area (Å²) in [6.07, 6.45) is 1.40. The lowest BCUT2D eigenvalue weighted by Gasteiger charge is -2.07. The molecule has 0 saturated heterocycles. The van der Waals surface area contributed by atoms with Gasteiger partial charge in [0.1, 0.15) is 0 Å². The first-order valence-corrected chi connectivity index (χ1v) is 10.6. The van der Waals surface area contributed by atoms with Gasteiger partial charge in [0.25, 0.3) is 5.91 Å². The summed E-state index contributed by atoms with van der Waals surface area (Å²) in [5.74, 6) is -1.82. The number of carboxylic acids is 1. The highest BCUT2D eigenvalue weighted by Crippen LogP contribution is 2.30. The molecule has 0 spiro atoms. The first-order chi connectivity index (χ1) is 16.2. The summed E-state index contributed by atoms with van der Waals surface area (Å²) in [6.45, 7) is 3.62. The van der Waals surface area contributed by atoms with Crippen LogP contribution >= 0.6 is 23.2 Å². The molecule has 0 radical (unpaired) electrons. The van der Waals surface area contributed by atoms with Gasteiger partial charge in [0, 0.05) is 38.9 Å². The average molecular weight is 496 g/mol. The Labute approximate surface area is 204 Å². The van der Waals surface area contributed by atoms with Crippen LogP contribution in [0.25, 0.3) is 16.5 Å². The monoisotopic (exact) mass is 495 g/mol. The number of rotatable bonds is 5. The molecular weight excluding hydrogens is 477 g/mol. The number of aromatic nitrogens is 1. The minimum Gasteiger partial charge on any atom is -0.478 e. The topological polar surface area (TPSA) is 125 Å². The number of H-pyrrole nitrogens is 1. The smallest absolute Gasteiger partial charge is 0.337 e. The fraction of sp³-hybridized carbons (Fsp3) is 0. The standard InChI is InChI=1S/C16H14N2O2.C9H5Cl2NO2/c1-11(15(17)19)13-8-5-9-14(10-13)18-16(20)12-6-3-2-4-7-12;10-4-1-6(11)8-5(9(13)14)3-12-7(8)2-4/h2-10H,1H2,(H2,17,19)(H,18,20);1-3,12H,(H,13,14). The zero-order chi connectivity index (χ0) is 24.8.